The van der Waals surface area contributed by atoms with Crippen LogP contribution in [0.4, 0.5) is 0 Å². The second-order valence-electron chi connectivity index (χ2n) is 5.89. The molecule has 1 N–H and O–H groups in total. The van der Waals surface area contributed by atoms with Gasteiger partial charge in [0.2, 0.25) is 10.0 Å². The Morgan fingerprint density at radius 1 is 1.27 bits per heavy atom. The first kappa shape index (κ1) is 17.5. The van der Waals surface area contributed by atoms with Gasteiger partial charge >= 0.3 is 0 Å². The SMILES string of the molecule is COc1cccc(CS(=O)(=O)N2CCC3CCC(C2)N3)c1.Cl. The monoisotopic (exact) mass is 346 g/mol. The molecule has 3 rings (SSSR count). The molecule has 2 heterocycles. The Morgan fingerprint density at radius 2 is 2.05 bits per heavy atom. The number of nitrogens with one attached hydrogen (secondary N) is 1. The smallest absolute Gasteiger partial charge is 0.218 e. The molecule has 0 saturated carbocycles. The van der Waals surface area contributed by atoms with E-state index in [4.69, 9.17) is 4.74 Å². The Morgan fingerprint density at radius 3 is 2.82 bits per heavy atom. The molecule has 0 aliphatic carbocycles. The number of sulfonamides is 1. The van der Waals surface area contributed by atoms with Crippen LogP contribution in [0.2, 0.25) is 0 Å². The fraction of sp³-hybridized carbons (Fsp3) is 0.600. The van der Waals surface area contributed by atoms with Crippen molar-refractivity contribution in [1.82, 2.24) is 9.62 Å². The Bertz CT molecular complexity index is 609. The average molecular weight is 347 g/mol. The Labute approximate surface area is 138 Å². The van der Waals surface area contributed by atoms with Crippen molar-refractivity contribution >= 4 is 22.4 Å². The number of fused-ring (bicyclic) bond motifs is 2. The van der Waals surface area contributed by atoms with E-state index in [0.29, 0.717) is 30.9 Å². The molecule has 1 aromatic carbocycles. The summed E-state index contributed by atoms with van der Waals surface area (Å²) in [4.78, 5) is 0. The van der Waals surface area contributed by atoms with E-state index in [-0.39, 0.29) is 18.2 Å². The van der Waals surface area contributed by atoms with E-state index >= 15 is 0 Å². The molecule has 2 unspecified atom stereocenters. The summed E-state index contributed by atoms with van der Waals surface area (Å²) in [6, 6.07) is 8.09. The molecule has 0 aromatic heterocycles. The van der Waals surface area contributed by atoms with Crippen LogP contribution < -0.4 is 10.1 Å². The first-order valence-corrected chi connectivity index (χ1v) is 9.04. The molecule has 0 radical (unpaired) electrons. The van der Waals surface area contributed by atoms with Crippen molar-refractivity contribution in [2.45, 2.75) is 37.1 Å². The van der Waals surface area contributed by atoms with Gasteiger partial charge in [-0.05, 0) is 37.0 Å². The lowest BCUT2D eigenvalue weighted by Crippen LogP contribution is -2.39. The number of rotatable bonds is 4. The number of ether oxygens (including phenoxy) is 1. The summed E-state index contributed by atoms with van der Waals surface area (Å²) in [5, 5.41) is 3.51. The van der Waals surface area contributed by atoms with Gasteiger partial charge in [-0.1, -0.05) is 12.1 Å². The number of benzene rings is 1. The topological polar surface area (TPSA) is 58.6 Å². The molecule has 0 amide bonds. The molecule has 2 bridgehead atoms. The van der Waals surface area contributed by atoms with Crippen molar-refractivity contribution in [3.63, 3.8) is 0 Å². The first-order valence-electron chi connectivity index (χ1n) is 7.43. The molecule has 124 valence electrons. The lowest BCUT2D eigenvalue weighted by atomic mass is 10.1. The molecule has 2 fully saturated rings. The lowest BCUT2D eigenvalue weighted by Gasteiger charge is -2.23. The van der Waals surface area contributed by atoms with Crippen molar-refractivity contribution in [3.8, 4) is 5.75 Å². The molecule has 22 heavy (non-hydrogen) atoms. The molecule has 5 nitrogen and oxygen atoms in total. The van der Waals surface area contributed by atoms with Gasteiger partial charge in [-0.25, -0.2) is 12.7 Å². The summed E-state index contributed by atoms with van der Waals surface area (Å²) in [6.07, 6.45) is 3.16. The second-order valence-corrected chi connectivity index (χ2v) is 7.86. The van der Waals surface area contributed by atoms with E-state index in [1.807, 2.05) is 18.2 Å². The third-order valence-electron chi connectivity index (χ3n) is 4.36. The van der Waals surface area contributed by atoms with Gasteiger partial charge in [0.25, 0.3) is 0 Å². The van der Waals surface area contributed by atoms with Crippen LogP contribution in [-0.2, 0) is 15.8 Å². The Balaban J connectivity index is 0.00000176. The highest BCUT2D eigenvalue weighted by Crippen LogP contribution is 2.24. The van der Waals surface area contributed by atoms with Crippen LogP contribution in [0.3, 0.4) is 0 Å². The molecule has 7 heteroatoms. The number of methoxy groups -OCH3 is 1. The molecule has 0 spiro atoms. The number of nitrogens with zero attached hydrogens (tertiary/aromatic N) is 1. The zero-order chi connectivity index (χ0) is 14.9. The van der Waals surface area contributed by atoms with Gasteiger partial charge in [0.1, 0.15) is 5.75 Å². The average Bonchev–Trinajstić information content (AvgIpc) is 2.77. The van der Waals surface area contributed by atoms with Crippen molar-refractivity contribution in [2.75, 3.05) is 20.2 Å². The van der Waals surface area contributed by atoms with Crippen molar-refractivity contribution in [2.24, 2.45) is 0 Å². The molecule has 2 saturated heterocycles. The maximum Gasteiger partial charge on any atom is 0.218 e. The number of halogens is 1. The quantitative estimate of drug-likeness (QED) is 0.902. The predicted octanol–water partition coefficient (Wildman–Crippen LogP) is 1.77. The van der Waals surface area contributed by atoms with E-state index in [0.717, 1.165) is 18.4 Å². The summed E-state index contributed by atoms with van der Waals surface area (Å²) in [5.41, 5.74) is 0.775. The van der Waals surface area contributed by atoms with Crippen LogP contribution >= 0.6 is 12.4 Å². The highest BCUT2D eigenvalue weighted by Gasteiger charge is 2.34. The first-order chi connectivity index (χ1) is 10.1. The molecule has 2 aliphatic heterocycles. The summed E-state index contributed by atoms with van der Waals surface area (Å²) >= 11 is 0. The standard InChI is InChI=1S/C15H22N2O3S.ClH/c1-20-15-4-2-3-12(9-15)11-21(18,19)17-8-7-13-5-6-14(10-17)16-13;/h2-4,9,13-14,16H,5-8,10-11H2,1H3;1H. The minimum atomic E-state index is -3.27. The molecule has 2 atom stereocenters. The van der Waals surface area contributed by atoms with Crippen molar-refractivity contribution in [3.05, 3.63) is 29.8 Å². The zero-order valence-electron chi connectivity index (χ0n) is 12.7. The zero-order valence-corrected chi connectivity index (χ0v) is 14.3. The van der Waals surface area contributed by atoms with E-state index in [9.17, 15) is 8.42 Å². The maximum absolute atomic E-state index is 12.6. The van der Waals surface area contributed by atoms with Crippen LogP contribution in [0.15, 0.2) is 24.3 Å². The van der Waals surface area contributed by atoms with E-state index in [1.165, 1.54) is 6.42 Å². The lowest BCUT2D eigenvalue weighted by molar-refractivity contribution is 0.383. The number of hydrogen-bond donors (Lipinski definition) is 1. The van der Waals surface area contributed by atoms with Crippen LogP contribution in [0, 0.1) is 0 Å². The fourth-order valence-electron chi connectivity index (χ4n) is 3.23. The second kappa shape index (κ2) is 7.17. The minimum absolute atomic E-state index is 0. The normalized spacial score (nSPS) is 25.3. The molecular weight excluding hydrogens is 324 g/mol. The molecular formula is C15H23ClN2O3S. The fourth-order valence-corrected chi connectivity index (χ4v) is 4.80. The third kappa shape index (κ3) is 3.93. The van der Waals surface area contributed by atoms with Gasteiger partial charge in [-0.2, -0.15) is 0 Å². The van der Waals surface area contributed by atoms with Crippen LogP contribution in [-0.4, -0.2) is 45.0 Å². The Hall–Kier alpha value is -0.820. The van der Waals surface area contributed by atoms with Gasteiger partial charge in [-0.3, -0.25) is 0 Å². The maximum atomic E-state index is 12.6. The van der Waals surface area contributed by atoms with Crippen LogP contribution in [0.1, 0.15) is 24.8 Å². The summed E-state index contributed by atoms with van der Waals surface area (Å²) in [5.74, 6) is 0.737. The van der Waals surface area contributed by atoms with E-state index in [1.54, 1.807) is 17.5 Å². The minimum Gasteiger partial charge on any atom is -0.497 e. The van der Waals surface area contributed by atoms with Gasteiger partial charge in [-0.15, -0.1) is 12.4 Å². The Kier molecular flexibility index (Phi) is 5.71. The highest BCUT2D eigenvalue weighted by atomic mass is 35.5. The van der Waals surface area contributed by atoms with Gasteiger partial charge in [0, 0.05) is 25.2 Å². The number of hydrogen-bond acceptors (Lipinski definition) is 4. The summed E-state index contributed by atoms with van der Waals surface area (Å²) in [6.45, 7) is 1.23. The molecule has 1 aromatic rings. The predicted molar refractivity (Wildman–Crippen MR) is 89.0 cm³/mol. The third-order valence-corrected chi connectivity index (χ3v) is 6.18. The summed E-state index contributed by atoms with van der Waals surface area (Å²) in [7, 11) is -1.68. The van der Waals surface area contributed by atoms with Crippen molar-refractivity contribution < 1.29 is 13.2 Å². The van der Waals surface area contributed by atoms with Crippen LogP contribution in [0.5, 0.6) is 5.75 Å². The molecule has 2 aliphatic rings. The van der Waals surface area contributed by atoms with Crippen LogP contribution in [0.25, 0.3) is 0 Å². The van der Waals surface area contributed by atoms with Gasteiger partial charge < -0.3 is 10.1 Å². The largest absolute Gasteiger partial charge is 0.497 e. The van der Waals surface area contributed by atoms with Gasteiger partial charge in [0.05, 0.1) is 12.9 Å². The van der Waals surface area contributed by atoms with E-state index in [2.05, 4.69) is 5.32 Å². The highest BCUT2D eigenvalue weighted by molar-refractivity contribution is 7.88. The summed E-state index contributed by atoms with van der Waals surface area (Å²) < 4.78 is 32.1. The van der Waals surface area contributed by atoms with Gasteiger partial charge in [0.15, 0.2) is 0 Å². The van der Waals surface area contributed by atoms with Crippen molar-refractivity contribution in [1.29, 1.82) is 0 Å². The van der Waals surface area contributed by atoms with E-state index < -0.39 is 10.0 Å².